The number of rotatable bonds is 5. The summed E-state index contributed by atoms with van der Waals surface area (Å²) in [6, 6.07) is 2.18. The van der Waals surface area contributed by atoms with Crippen molar-refractivity contribution in [2.75, 3.05) is 19.6 Å². The Balaban J connectivity index is 2.43. The molecule has 0 radical (unpaired) electrons. The Morgan fingerprint density at radius 1 is 1.45 bits per heavy atom. The fraction of sp³-hybridized carbons (Fsp3) is 0.867. The molecule has 0 saturated carbocycles. The molecule has 1 saturated heterocycles. The maximum atomic E-state index is 12.1. The van der Waals surface area contributed by atoms with Crippen LogP contribution in [0.1, 0.15) is 40.5 Å². The molecule has 1 aliphatic heterocycles. The number of nitrogens with zero attached hydrogens (tertiary/aromatic N) is 2. The topological polar surface area (TPSA) is 76.4 Å². The molecule has 0 aromatic rings. The molecule has 5 heteroatoms. The van der Waals surface area contributed by atoms with Crippen LogP contribution in [0.15, 0.2) is 0 Å². The predicted molar refractivity (Wildman–Crippen MR) is 77.8 cm³/mol. The second-order valence-electron chi connectivity index (χ2n) is 6.37. The summed E-state index contributed by atoms with van der Waals surface area (Å²) in [5.41, 5.74) is -0.810. The van der Waals surface area contributed by atoms with Crippen LogP contribution < -0.4 is 5.32 Å². The Hall–Kier alpha value is -1.12. The molecule has 0 aromatic carbocycles. The van der Waals surface area contributed by atoms with Crippen molar-refractivity contribution in [3.63, 3.8) is 0 Å². The van der Waals surface area contributed by atoms with E-state index in [1.54, 1.807) is 6.92 Å². The molecular weight excluding hydrogens is 254 g/mol. The van der Waals surface area contributed by atoms with Gasteiger partial charge in [0, 0.05) is 0 Å². The summed E-state index contributed by atoms with van der Waals surface area (Å²) < 4.78 is 0. The van der Waals surface area contributed by atoms with E-state index >= 15 is 0 Å². The quantitative estimate of drug-likeness (QED) is 0.792. The van der Waals surface area contributed by atoms with Crippen LogP contribution in [0.4, 0.5) is 0 Å². The molecule has 0 bridgehead atoms. The Kier molecular flexibility index (Phi) is 5.97. The number of hydrogen-bond donors (Lipinski definition) is 2. The van der Waals surface area contributed by atoms with E-state index in [-0.39, 0.29) is 17.9 Å². The predicted octanol–water partition coefficient (Wildman–Crippen LogP) is 1.13. The van der Waals surface area contributed by atoms with E-state index in [1.165, 1.54) is 0 Å². The monoisotopic (exact) mass is 281 g/mol. The first-order chi connectivity index (χ1) is 9.28. The first-order valence-corrected chi connectivity index (χ1v) is 7.41. The molecule has 2 unspecified atom stereocenters. The van der Waals surface area contributed by atoms with Gasteiger partial charge in [-0.2, -0.15) is 5.26 Å². The number of nitrogens with one attached hydrogen (secondary N) is 1. The number of likely N-dealkylation sites (tertiary alicyclic amines) is 1. The number of aliphatic hydroxyl groups is 1. The molecule has 20 heavy (non-hydrogen) atoms. The minimum atomic E-state index is -0.810. The van der Waals surface area contributed by atoms with Crippen molar-refractivity contribution in [3.05, 3.63) is 0 Å². The van der Waals surface area contributed by atoms with E-state index in [4.69, 9.17) is 0 Å². The first-order valence-electron chi connectivity index (χ1n) is 7.41. The van der Waals surface area contributed by atoms with Crippen molar-refractivity contribution in [2.45, 2.75) is 52.2 Å². The Morgan fingerprint density at radius 2 is 2.00 bits per heavy atom. The fourth-order valence-corrected chi connectivity index (χ4v) is 2.43. The van der Waals surface area contributed by atoms with E-state index in [1.807, 2.05) is 20.8 Å². The third-order valence-electron chi connectivity index (χ3n) is 4.47. The Morgan fingerprint density at radius 3 is 2.40 bits per heavy atom. The number of carbonyl (C=O) groups excluding carboxylic acids is 1. The number of amides is 1. The number of piperidine rings is 1. The highest BCUT2D eigenvalue weighted by molar-refractivity contribution is 5.79. The van der Waals surface area contributed by atoms with Crippen LogP contribution in [0.5, 0.6) is 0 Å². The van der Waals surface area contributed by atoms with Gasteiger partial charge in [0.25, 0.3) is 0 Å². The number of aliphatic hydroxyl groups excluding tert-OH is 1. The maximum absolute atomic E-state index is 12.1. The number of nitriles is 1. The highest BCUT2D eigenvalue weighted by atomic mass is 16.3. The van der Waals surface area contributed by atoms with Crippen LogP contribution in [0.3, 0.4) is 0 Å². The summed E-state index contributed by atoms with van der Waals surface area (Å²) >= 11 is 0. The fourth-order valence-electron chi connectivity index (χ4n) is 2.43. The zero-order chi connectivity index (χ0) is 15.3. The first kappa shape index (κ1) is 16.9. The Bertz CT molecular complexity index is 368. The molecule has 1 aliphatic rings. The molecule has 0 spiro atoms. The van der Waals surface area contributed by atoms with Gasteiger partial charge in [-0.25, -0.2) is 0 Å². The third-order valence-corrected chi connectivity index (χ3v) is 4.47. The van der Waals surface area contributed by atoms with E-state index in [0.717, 1.165) is 25.9 Å². The minimum absolute atomic E-state index is 0.0671. The summed E-state index contributed by atoms with van der Waals surface area (Å²) in [6.45, 7) is 9.43. The van der Waals surface area contributed by atoms with Crippen molar-refractivity contribution in [2.24, 2.45) is 11.8 Å². The van der Waals surface area contributed by atoms with Crippen LogP contribution in [0.25, 0.3) is 0 Å². The Labute approximate surface area is 122 Å². The molecule has 0 aliphatic carbocycles. The van der Waals surface area contributed by atoms with Crippen LogP contribution in [0, 0.1) is 23.2 Å². The van der Waals surface area contributed by atoms with E-state index in [9.17, 15) is 15.2 Å². The van der Waals surface area contributed by atoms with Gasteiger partial charge < -0.3 is 10.4 Å². The zero-order valence-corrected chi connectivity index (χ0v) is 13.0. The molecule has 5 nitrogen and oxygen atoms in total. The van der Waals surface area contributed by atoms with Crippen molar-refractivity contribution in [3.8, 4) is 6.07 Å². The second kappa shape index (κ2) is 7.05. The lowest BCUT2D eigenvalue weighted by atomic mass is 9.90. The van der Waals surface area contributed by atoms with Crippen molar-refractivity contribution < 1.29 is 9.90 Å². The zero-order valence-electron chi connectivity index (χ0n) is 13.0. The molecule has 114 valence electrons. The standard InChI is InChI=1S/C15H27N3O2/c1-11(2)15(4,10-16)17-14(20)9-18-7-5-13(6-8-18)12(3)19/h11-13,19H,5-9H2,1-4H3,(H,17,20). The van der Waals surface area contributed by atoms with Gasteiger partial charge in [-0.3, -0.25) is 9.69 Å². The largest absolute Gasteiger partial charge is 0.393 e. The molecular formula is C15H27N3O2. The van der Waals surface area contributed by atoms with Gasteiger partial charge in [0.2, 0.25) is 5.91 Å². The lowest BCUT2D eigenvalue weighted by molar-refractivity contribution is -0.124. The molecule has 1 rings (SSSR count). The van der Waals surface area contributed by atoms with Crippen LogP contribution >= 0.6 is 0 Å². The third kappa shape index (κ3) is 4.46. The minimum Gasteiger partial charge on any atom is -0.393 e. The maximum Gasteiger partial charge on any atom is 0.235 e. The summed E-state index contributed by atoms with van der Waals surface area (Å²) in [6.07, 6.45) is 1.57. The molecule has 1 fully saturated rings. The lowest BCUT2D eigenvalue weighted by Gasteiger charge is -2.34. The van der Waals surface area contributed by atoms with Gasteiger partial charge >= 0.3 is 0 Å². The van der Waals surface area contributed by atoms with Gasteiger partial charge in [0.1, 0.15) is 5.54 Å². The van der Waals surface area contributed by atoms with Gasteiger partial charge in [0.15, 0.2) is 0 Å². The smallest absolute Gasteiger partial charge is 0.235 e. The van der Waals surface area contributed by atoms with Gasteiger partial charge in [-0.15, -0.1) is 0 Å². The van der Waals surface area contributed by atoms with Gasteiger partial charge in [-0.05, 0) is 51.6 Å². The normalized spacial score (nSPS) is 22.1. The second-order valence-corrected chi connectivity index (χ2v) is 6.37. The van der Waals surface area contributed by atoms with Crippen molar-refractivity contribution in [1.82, 2.24) is 10.2 Å². The highest BCUT2D eigenvalue weighted by Gasteiger charge is 2.31. The van der Waals surface area contributed by atoms with Crippen molar-refractivity contribution in [1.29, 1.82) is 5.26 Å². The summed E-state index contributed by atoms with van der Waals surface area (Å²) in [5.74, 6) is 0.310. The SMILES string of the molecule is CC(O)C1CCN(CC(=O)NC(C)(C#N)C(C)C)CC1. The van der Waals surface area contributed by atoms with Gasteiger partial charge in [-0.1, -0.05) is 13.8 Å². The number of carbonyl (C=O) groups is 1. The lowest BCUT2D eigenvalue weighted by Crippen LogP contribution is -2.52. The molecule has 2 N–H and O–H groups in total. The van der Waals surface area contributed by atoms with E-state index < -0.39 is 5.54 Å². The van der Waals surface area contributed by atoms with Crippen LogP contribution in [-0.4, -0.2) is 47.2 Å². The summed E-state index contributed by atoms with van der Waals surface area (Å²) in [5, 5.41) is 21.6. The highest BCUT2D eigenvalue weighted by Crippen LogP contribution is 2.20. The summed E-state index contributed by atoms with van der Waals surface area (Å²) in [4.78, 5) is 14.1. The van der Waals surface area contributed by atoms with E-state index in [2.05, 4.69) is 16.3 Å². The molecule has 1 heterocycles. The molecule has 2 atom stereocenters. The van der Waals surface area contributed by atoms with Crippen LogP contribution in [0.2, 0.25) is 0 Å². The molecule has 1 amide bonds. The average molecular weight is 281 g/mol. The summed E-state index contributed by atoms with van der Waals surface area (Å²) in [7, 11) is 0. The van der Waals surface area contributed by atoms with E-state index in [0.29, 0.717) is 12.5 Å². The average Bonchev–Trinajstić information content (AvgIpc) is 2.38. The molecule has 0 aromatic heterocycles. The number of hydrogen-bond acceptors (Lipinski definition) is 4. The van der Waals surface area contributed by atoms with Gasteiger partial charge in [0.05, 0.1) is 18.7 Å². The van der Waals surface area contributed by atoms with Crippen LogP contribution in [-0.2, 0) is 4.79 Å². The van der Waals surface area contributed by atoms with Crippen molar-refractivity contribution >= 4 is 5.91 Å².